The Bertz CT molecular complexity index is 1100. The van der Waals surface area contributed by atoms with Crippen molar-refractivity contribution in [3.8, 4) is 5.69 Å². The van der Waals surface area contributed by atoms with Crippen LogP contribution >= 0.6 is 0 Å². The standard InChI is InChI=1S/C22H28N6O2/c1-22(2,3)20(30)23-12-15-8-7-11-27(14-15)21-25-18-17(19(29)26-21)13-24-28(18)16-9-5-4-6-10-16/h4-6,9-10,13,15H,7-8,11-12,14H2,1-3H3,(H,23,30)(H,25,26,29). The van der Waals surface area contributed by atoms with Crippen LogP contribution < -0.4 is 15.8 Å². The fourth-order valence-corrected chi connectivity index (χ4v) is 3.74. The average Bonchev–Trinajstić information content (AvgIpc) is 3.17. The van der Waals surface area contributed by atoms with Gasteiger partial charge >= 0.3 is 0 Å². The Morgan fingerprint density at radius 3 is 2.77 bits per heavy atom. The molecular weight excluding hydrogens is 380 g/mol. The van der Waals surface area contributed by atoms with E-state index >= 15 is 0 Å². The van der Waals surface area contributed by atoms with Crippen molar-refractivity contribution in [2.75, 3.05) is 24.5 Å². The molecule has 1 atom stereocenters. The maximum absolute atomic E-state index is 12.7. The Morgan fingerprint density at radius 1 is 1.27 bits per heavy atom. The van der Waals surface area contributed by atoms with E-state index in [0.717, 1.165) is 31.6 Å². The van der Waals surface area contributed by atoms with Crippen LogP contribution in [0.25, 0.3) is 16.7 Å². The van der Waals surface area contributed by atoms with Gasteiger partial charge in [0.1, 0.15) is 5.39 Å². The zero-order chi connectivity index (χ0) is 21.3. The van der Waals surface area contributed by atoms with E-state index in [2.05, 4.69) is 20.3 Å². The Kier molecular flexibility index (Phi) is 5.32. The fraction of sp³-hybridized carbons (Fsp3) is 0.455. The molecule has 1 saturated heterocycles. The zero-order valence-electron chi connectivity index (χ0n) is 17.7. The van der Waals surface area contributed by atoms with Gasteiger partial charge in [-0.15, -0.1) is 0 Å². The number of anilines is 1. The van der Waals surface area contributed by atoms with Crippen molar-refractivity contribution in [1.82, 2.24) is 25.1 Å². The minimum absolute atomic E-state index is 0.0549. The number of hydrogen-bond acceptors (Lipinski definition) is 5. The summed E-state index contributed by atoms with van der Waals surface area (Å²) in [5.41, 5.74) is 0.809. The maximum atomic E-state index is 12.7. The van der Waals surface area contributed by atoms with Gasteiger partial charge in [-0.2, -0.15) is 10.1 Å². The highest BCUT2D eigenvalue weighted by atomic mass is 16.2. The van der Waals surface area contributed by atoms with Crippen LogP contribution in [0.15, 0.2) is 41.3 Å². The number of nitrogens with one attached hydrogen (secondary N) is 2. The molecule has 3 heterocycles. The third-order valence-corrected chi connectivity index (χ3v) is 5.48. The van der Waals surface area contributed by atoms with Gasteiger partial charge in [-0.1, -0.05) is 39.0 Å². The molecule has 0 aliphatic carbocycles. The summed E-state index contributed by atoms with van der Waals surface area (Å²) in [5, 5.41) is 7.89. The van der Waals surface area contributed by atoms with E-state index < -0.39 is 5.41 Å². The van der Waals surface area contributed by atoms with Crippen LogP contribution in [0.3, 0.4) is 0 Å². The molecule has 1 aliphatic heterocycles. The Hall–Kier alpha value is -3.16. The molecule has 2 N–H and O–H groups in total. The first-order valence-electron chi connectivity index (χ1n) is 10.4. The molecule has 1 aliphatic rings. The first-order chi connectivity index (χ1) is 14.3. The number of aromatic amines is 1. The Labute approximate surface area is 175 Å². The number of hydrogen-bond donors (Lipinski definition) is 2. The highest BCUT2D eigenvalue weighted by molar-refractivity contribution is 5.81. The summed E-state index contributed by atoms with van der Waals surface area (Å²) in [7, 11) is 0. The molecule has 0 radical (unpaired) electrons. The molecule has 1 amide bonds. The Balaban J connectivity index is 1.57. The SMILES string of the molecule is CC(C)(C)C(=O)NCC1CCCN(c2nc3c(cnn3-c3ccccc3)c(=O)[nH]2)C1. The minimum Gasteiger partial charge on any atom is -0.355 e. The molecule has 30 heavy (non-hydrogen) atoms. The molecule has 4 rings (SSSR count). The number of carbonyl (C=O) groups is 1. The van der Waals surface area contributed by atoms with Gasteiger partial charge in [-0.3, -0.25) is 14.6 Å². The van der Waals surface area contributed by atoms with Crippen LogP contribution in [-0.4, -0.2) is 45.3 Å². The third-order valence-electron chi connectivity index (χ3n) is 5.48. The van der Waals surface area contributed by atoms with E-state index in [1.54, 1.807) is 10.9 Å². The molecule has 3 aromatic rings. The van der Waals surface area contributed by atoms with Gasteiger partial charge < -0.3 is 10.2 Å². The van der Waals surface area contributed by atoms with Crippen molar-refractivity contribution in [2.24, 2.45) is 11.3 Å². The van der Waals surface area contributed by atoms with Gasteiger partial charge in [-0.25, -0.2) is 4.68 Å². The lowest BCUT2D eigenvalue weighted by Crippen LogP contribution is -2.44. The number of aromatic nitrogens is 4. The molecule has 1 aromatic carbocycles. The predicted octanol–water partition coefficient (Wildman–Crippen LogP) is 2.49. The normalized spacial score (nSPS) is 17.3. The average molecular weight is 409 g/mol. The second-order valence-electron chi connectivity index (χ2n) is 8.93. The monoisotopic (exact) mass is 408 g/mol. The molecule has 2 aromatic heterocycles. The molecule has 8 heteroatoms. The van der Waals surface area contributed by atoms with E-state index in [0.29, 0.717) is 29.4 Å². The summed E-state index contributed by atoms with van der Waals surface area (Å²) >= 11 is 0. The van der Waals surface area contributed by atoms with E-state index in [9.17, 15) is 9.59 Å². The van der Waals surface area contributed by atoms with Crippen molar-refractivity contribution in [3.05, 3.63) is 46.9 Å². The van der Waals surface area contributed by atoms with Gasteiger partial charge in [0.15, 0.2) is 5.65 Å². The van der Waals surface area contributed by atoms with Crippen molar-refractivity contribution >= 4 is 22.9 Å². The number of piperidine rings is 1. The number of fused-ring (bicyclic) bond motifs is 1. The molecule has 1 unspecified atom stereocenters. The summed E-state index contributed by atoms with van der Waals surface area (Å²) in [6.07, 6.45) is 3.57. The summed E-state index contributed by atoms with van der Waals surface area (Å²) in [4.78, 5) is 34.6. The van der Waals surface area contributed by atoms with Gasteiger partial charge in [0.25, 0.3) is 5.56 Å². The molecular formula is C22H28N6O2. The van der Waals surface area contributed by atoms with Gasteiger partial charge in [0.05, 0.1) is 11.9 Å². The molecule has 8 nitrogen and oxygen atoms in total. The molecule has 0 saturated carbocycles. The lowest BCUT2D eigenvalue weighted by molar-refractivity contribution is -0.128. The number of nitrogens with zero attached hydrogens (tertiary/aromatic N) is 4. The van der Waals surface area contributed by atoms with Crippen LogP contribution in [0.4, 0.5) is 5.95 Å². The quantitative estimate of drug-likeness (QED) is 0.691. The van der Waals surface area contributed by atoms with Crippen LogP contribution in [0.5, 0.6) is 0 Å². The smallest absolute Gasteiger partial charge is 0.263 e. The second kappa shape index (κ2) is 7.93. The van der Waals surface area contributed by atoms with Crippen LogP contribution in [-0.2, 0) is 4.79 Å². The summed E-state index contributed by atoms with van der Waals surface area (Å²) in [5.74, 6) is 0.918. The molecule has 0 spiro atoms. The van der Waals surface area contributed by atoms with Crippen molar-refractivity contribution < 1.29 is 4.79 Å². The third kappa shape index (κ3) is 4.08. The highest BCUT2D eigenvalue weighted by Gasteiger charge is 2.26. The maximum Gasteiger partial charge on any atom is 0.263 e. The fourth-order valence-electron chi connectivity index (χ4n) is 3.74. The number of H-pyrrole nitrogens is 1. The lowest BCUT2D eigenvalue weighted by atomic mass is 9.94. The van der Waals surface area contributed by atoms with Crippen molar-refractivity contribution in [2.45, 2.75) is 33.6 Å². The van der Waals surface area contributed by atoms with Crippen molar-refractivity contribution in [1.29, 1.82) is 0 Å². The zero-order valence-corrected chi connectivity index (χ0v) is 17.7. The highest BCUT2D eigenvalue weighted by Crippen LogP contribution is 2.22. The van der Waals surface area contributed by atoms with Crippen LogP contribution in [0.2, 0.25) is 0 Å². The first kappa shape index (κ1) is 20.1. The molecule has 1 fully saturated rings. The van der Waals surface area contributed by atoms with E-state index in [4.69, 9.17) is 4.98 Å². The largest absolute Gasteiger partial charge is 0.355 e. The summed E-state index contributed by atoms with van der Waals surface area (Å²) in [6.45, 7) is 7.91. The number of rotatable bonds is 4. The number of para-hydroxylation sites is 1. The van der Waals surface area contributed by atoms with E-state index in [1.165, 1.54) is 0 Å². The van der Waals surface area contributed by atoms with Crippen LogP contribution in [0, 0.1) is 11.3 Å². The second-order valence-corrected chi connectivity index (χ2v) is 8.93. The summed E-state index contributed by atoms with van der Waals surface area (Å²) in [6, 6.07) is 9.66. The molecule has 0 bridgehead atoms. The topological polar surface area (TPSA) is 95.9 Å². The lowest BCUT2D eigenvalue weighted by Gasteiger charge is -2.33. The van der Waals surface area contributed by atoms with Gasteiger partial charge in [0.2, 0.25) is 11.9 Å². The van der Waals surface area contributed by atoms with Crippen LogP contribution in [0.1, 0.15) is 33.6 Å². The van der Waals surface area contributed by atoms with E-state index in [1.807, 2.05) is 51.1 Å². The van der Waals surface area contributed by atoms with Crippen molar-refractivity contribution in [3.63, 3.8) is 0 Å². The number of amides is 1. The first-order valence-corrected chi connectivity index (χ1v) is 10.4. The van der Waals surface area contributed by atoms with E-state index in [-0.39, 0.29) is 11.5 Å². The predicted molar refractivity (Wildman–Crippen MR) is 117 cm³/mol. The van der Waals surface area contributed by atoms with Gasteiger partial charge in [-0.05, 0) is 30.9 Å². The minimum atomic E-state index is -0.401. The molecule has 158 valence electrons. The number of carbonyl (C=O) groups excluding carboxylic acids is 1. The Morgan fingerprint density at radius 2 is 2.03 bits per heavy atom. The van der Waals surface area contributed by atoms with Gasteiger partial charge in [0, 0.05) is 25.0 Å². The number of benzene rings is 1. The summed E-state index contributed by atoms with van der Waals surface area (Å²) < 4.78 is 1.69.